The summed E-state index contributed by atoms with van der Waals surface area (Å²) in [6.45, 7) is 6.98. The van der Waals surface area contributed by atoms with E-state index < -0.39 is 53.9 Å². The minimum absolute atomic E-state index is 0.0868. The summed E-state index contributed by atoms with van der Waals surface area (Å²) >= 11 is 0. The zero-order valence-electron chi connectivity index (χ0n) is 20.5. The smallest absolute Gasteiger partial charge is 0.416 e. The van der Waals surface area contributed by atoms with Gasteiger partial charge in [0.1, 0.15) is 5.60 Å². The molecule has 0 saturated carbocycles. The first-order chi connectivity index (χ1) is 16.5. The van der Waals surface area contributed by atoms with Crippen LogP contribution in [-0.2, 0) is 28.4 Å². The number of likely N-dealkylation sites (tertiary alicyclic amines) is 1. The van der Waals surface area contributed by atoms with Crippen LogP contribution in [0.25, 0.3) is 0 Å². The average Bonchev–Trinajstić information content (AvgIpc) is 2.75. The lowest BCUT2D eigenvalue weighted by Crippen LogP contribution is -2.47. The van der Waals surface area contributed by atoms with Gasteiger partial charge >= 0.3 is 18.4 Å². The van der Waals surface area contributed by atoms with Gasteiger partial charge in [-0.3, -0.25) is 4.90 Å². The molecule has 1 aliphatic rings. The number of alkyl halides is 6. The van der Waals surface area contributed by atoms with Gasteiger partial charge in [-0.15, -0.1) is 0 Å². The lowest BCUT2D eigenvalue weighted by Gasteiger charge is -2.41. The number of amides is 1. The summed E-state index contributed by atoms with van der Waals surface area (Å²) in [7, 11) is 0. The monoisotopic (exact) mass is 517 g/mol. The van der Waals surface area contributed by atoms with E-state index >= 15 is 0 Å². The Balaban J connectivity index is 1.92. The molecule has 1 saturated heterocycles. The van der Waals surface area contributed by atoms with Crippen molar-refractivity contribution >= 4 is 6.09 Å². The summed E-state index contributed by atoms with van der Waals surface area (Å²) in [5, 5.41) is 0. The Morgan fingerprint density at radius 3 is 2.00 bits per heavy atom. The molecule has 2 atom stereocenters. The van der Waals surface area contributed by atoms with E-state index in [1.165, 1.54) is 4.90 Å². The van der Waals surface area contributed by atoms with Crippen molar-refractivity contribution in [2.24, 2.45) is 0 Å². The molecule has 1 aliphatic heterocycles. The number of ether oxygens (including phenoxy) is 2. The lowest BCUT2D eigenvalue weighted by molar-refractivity contribution is -0.143. The highest BCUT2D eigenvalue weighted by Gasteiger charge is 2.39. The van der Waals surface area contributed by atoms with E-state index in [1.54, 1.807) is 20.8 Å². The zero-order chi connectivity index (χ0) is 26.9. The van der Waals surface area contributed by atoms with Gasteiger partial charge in [0.05, 0.1) is 29.9 Å². The first-order valence-electron chi connectivity index (χ1n) is 11.5. The van der Waals surface area contributed by atoms with Crippen molar-refractivity contribution < 1.29 is 40.6 Å². The van der Waals surface area contributed by atoms with Crippen molar-refractivity contribution in [1.82, 2.24) is 4.90 Å². The number of nitrogens with zero attached hydrogens (tertiary/aromatic N) is 1. The van der Waals surface area contributed by atoms with E-state index in [4.69, 9.17) is 9.47 Å². The highest BCUT2D eigenvalue weighted by molar-refractivity contribution is 5.69. The van der Waals surface area contributed by atoms with E-state index in [-0.39, 0.29) is 11.6 Å². The maximum Gasteiger partial charge on any atom is 0.416 e. The van der Waals surface area contributed by atoms with Crippen molar-refractivity contribution in [1.29, 1.82) is 0 Å². The van der Waals surface area contributed by atoms with Crippen LogP contribution >= 0.6 is 0 Å². The van der Waals surface area contributed by atoms with Crippen LogP contribution in [0, 0.1) is 6.92 Å². The van der Waals surface area contributed by atoms with Gasteiger partial charge in [0.2, 0.25) is 0 Å². The Hall–Kier alpha value is -2.75. The van der Waals surface area contributed by atoms with E-state index in [2.05, 4.69) is 0 Å². The van der Waals surface area contributed by atoms with Gasteiger partial charge in [-0.05, 0) is 69.9 Å². The van der Waals surface area contributed by atoms with Gasteiger partial charge in [-0.2, -0.15) is 26.3 Å². The van der Waals surface area contributed by atoms with Crippen LogP contribution in [0.2, 0.25) is 0 Å². The van der Waals surface area contributed by atoms with Crippen LogP contribution in [0.5, 0.6) is 0 Å². The molecule has 0 radical (unpaired) electrons. The Bertz CT molecular complexity index is 1030. The lowest BCUT2D eigenvalue weighted by atomic mass is 9.92. The van der Waals surface area contributed by atoms with Crippen molar-refractivity contribution in [2.75, 3.05) is 6.54 Å². The topological polar surface area (TPSA) is 38.8 Å². The summed E-state index contributed by atoms with van der Waals surface area (Å²) in [5.74, 6) is 0. The minimum atomic E-state index is -4.95. The fourth-order valence-electron chi connectivity index (χ4n) is 4.12. The molecule has 0 bridgehead atoms. The summed E-state index contributed by atoms with van der Waals surface area (Å²) in [6, 6.07) is 8.14. The molecule has 1 heterocycles. The molecule has 0 aromatic heterocycles. The summed E-state index contributed by atoms with van der Waals surface area (Å²) in [4.78, 5) is 14.5. The number of rotatable bonds is 4. The number of aryl methyl sites for hydroxylation is 1. The second kappa shape index (κ2) is 10.3. The van der Waals surface area contributed by atoms with Crippen LogP contribution in [-0.4, -0.2) is 29.2 Å². The molecule has 1 fully saturated rings. The number of hydrogen-bond donors (Lipinski definition) is 0. The van der Waals surface area contributed by atoms with Crippen molar-refractivity contribution in [3.8, 4) is 0 Å². The molecule has 0 spiro atoms. The predicted octanol–water partition coefficient (Wildman–Crippen LogP) is 7.69. The van der Waals surface area contributed by atoms with Gasteiger partial charge in [0.25, 0.3) is 0 Å². The summed E-state index contributed by atoms with van der Waals surface area (Å²) < 4.78 is 91.0. The highest BCUT2D eigenvalue weighted by Crippen LogP contribution is 2.38. The first kappa shape index (κ1) is 27.8. The molecule has 2 aromatic carbocycles. The second-order valence-corrected chi connectivity index (χ2v) is 9.94. The van der Waals surface area contributed by atoms with Crippen LogP contribution in [0.4, 0.5) is 31.1 Å². The number of piperidine rings is 1. The maximum atomic E-state index is 13.3. The van der Waals surface area contributed by atoms with Gasteiger partial charge in [0, 0.05) is 6.54 Å². The molecule has 2 aromatic rings. The predicted molar refractivity (Wildman–Crippen MR) is 121 cm³/mol. The number of carbonyl (C=O) groups is 1. The standard InChI is InChI=1S/C26H29F6NO3/c1-16-7-9-18(10-8-16)22-21(6-5-11-33(22)23(34)36-24(2,3)4)35-15-17-12-19(25(27,28)29)14-20(13-17)26(30,31)32/h7-10,12-14,21-22H,5-6,11,15H2,1-4H3. The van der Waals surface area contributed by atoms with Crippen LogP contribution in [0.3, 0.4) is 0 Å². The minimum Gasteiger partial charge on any atom is -0.444 e. The fraction of sp³-hybridized carbons (Fsp3) is 0.500. The van der Waals surface area contributed by atoms with Gasteiger partial charge < -0.3 is 9.47 Å². The molecule has 36 heavy (non-hydrogen) atoms. The molecule has 1 amide bonds. The number of halogens is 6. The average molecular weight is 518 g/mol. The normalized spacial score (nSPS) is 19.3. The maximum absolute atomic E-state index is 13.3. The largest absolute Gasteiger partial charge is 0.444 e. The number of benzene rings is 2. The van der Waals surface area contributed by atoms with Gasteiger partial charge in [0.15, 0.2) is 0 Å². The molecule has 10 heteroatoms. The molecule has 4 nitrogen and oxygen atoms in total. The Labute approximate surface area is 206 Å². The molecular formula is C26H29F6NO3. The van der Waals surface area contributed by atoms with Crippen molar-refractivity contribution in [3.05, 3.63) is 70.3 Å². The van der Waals surface area contributed by atoms with E-state index in [0.29, 0.717) is 31.5 Å². The number of hydrogen-bond acceptors (Lipinski definition) is 3. The SMILES string of the molecule is Cc1ccc(C2C(OCc3cc(C(F)(F)F)cc(C(F)(F)F)c3)CCCN2C(=O)OC(C)(C)C)cc1. The Kier molecular flexibility index (Phi) is 7.98. The highest BCUT2D eigenvalue weighted by atomic mass is 19.4. The van der Waals surface area contributed by atoms with Gasteiger partial charge in [-0.25, -0.2) is 4.79 Å². The van der Waals surface area contributed by atoms with E-state index in [9.17, 15) is 31.1 Å². The van der Waals surface area contributed by atoms with Crippen LogP contribution in [0.1, 0.15) is 67.5 Å². The fourth-order valence-corrected chi connectivity index (χ4v) is 4.12. The summed E-state index contributed by atoms with van der Waals surface area (Å²) in [5.41, 5.74) is -2.09. The molecule has 0 aliphatic carbocycles. The van der Waals surface area contributed by atoms with E-state index in [1.807, 2.05) is 31.2 Å². The molecular weight excluding hydrogens is 488 g/mol. The van der Waals surface area contributed by atoms with Crippen molar-refractivity contribution in [3.63, 3.8) is 0 Å². The quantitative estimate of drug-likeness (QED) is 0.390. The molecule has 0 N–H and O–H groups in total. The number of carbonyl (C=O) groups excluding carboxylic acids is 1. The molecule has 3 rings (SSSR count). The third-order valence-corrected chi connectivity index (χ3v) is 5.73. The second-order valence-electron chi connectivity index (χ2n) is 9.94. The zero-order valence-corrected chi connectivity index (χ0v) is 20.5. The summed E-state index contributed by atoms with van der Waals surface area (Å²) in [6.07, 6.45) is -10.1. The third kappa shape index (κ3) is 7.15. The first-order valence-corrected chi connectivity index (χ1v) is 11.5. The van der Waals surface area contributed by atoms with Crippen LogP contribution < -0.4 is 0 Å². The molecule has 2 unspecified atom stereocenters. The van der Waals surface area contributed by atoms with Crippen LogP contribution in [0.15, 0.2) is 42.5 Å². The Morgan fingerprint density at radius 1 is 0.944 bits per heavy atom. The molecule has 198 valence electrons. The Morgan fingerprint density at radius 2 is 1.50 bits per heavy atom. The third-order valence-electron chi connectivity index (χ3n) is 5.73. The van der Waals surface area contributed by atoms with Crippen molar-refractivity contribution in [2.45, 2.75) is 77.2 Å². The van der Waals surface area contributed by atoms with E-state index in [0.717, 1.165) is 11.1 Å². The van der Waals surface area contributed by atoms with Gasteiger partial charge in [-0.1, -0.05) is 29.8 Å².